The Labute approximate surface area is 100 Å². The van der Waals surface area contributed by atoms with Gasteiger partial charge in [0.2, 0.25) is 0 Å². The van der Waals surface area contributed by atoms with Crippen LogP contribution in [0.25, 0.3) is 11.1 Å². The number of rotatable bonds is 2. The fraction of sp³-hybridized carbons (Fsp3) is 0.143. The Balaban J connectivity index is 2.49. The maximum atomic E-state index is 9.10. The highest BCUT2D eigenvalue weighted by molar-refractivity contribution is 6.30. The molecule has 0 aliphatic heterocycles. The number of aliphatic hydroxyl groups excluding tert-OH is 1. The van der Waals surface area contributed by atoms with E-state index in [1.807, 2.05) is 49.4 Å². The van der Waals surface area contributed by atoms with Gasteiger partial charge in [-0.1, -0.05) is 35.9 Å². The minimum atomic E-state index is 0.0699. The summed E-state index contributed by atoms with van der Waals surface area (Å²) in [6, 6.07) is 13.7. The molecule has 2 aromatic rings. The van der Waals surface area contributed by atoms with E-state index in [2.05, 4.69) is 0 Å². The second-order valence-corrected chi connectivity index (χ2v) is 4.25. The zero-order valence-electron chi connectivity index (χ0n) is 9.07. The van der Waals surface area contributed by atoms with Crippen molar-refractivity contribution in [3.05, 3.63) is 58.6 Å². The number of benzene rings is 2. The van der Waals surface area contributed by atoms with Crippen LogP contribution >= 0.6 is 11.6 Å². The van der Waals surface area contributed by atoms with Gasteiger partial charge in [-0.15, -0.1) is 0 Å². The van der Waals surface area contributed by atoms with Crippen LogP contribution in [-0.4, -0.2) is 5.11 Å². The van der Waals surface area contributed by atoms with Crippen LogP contribution in [0.15, 0.2) is 42.5 Å². The Bertz CT molecular complexity index is 506. The highest BCUT2D eigenvalue weighted by atomic mass is 35.5. The first kappa shape index (κ1) is 11.2. The first-order valence-corrected chi connectivity index (χ1v) is 5.55. The highest BCUT2D eigenvalue weighted by Gasteiger charge is 2.03. The Morgan fingerprint density at radius 1 is 1.12 bits per heavy atom. The number of aryl methyl sites for hydroxylation is 1. The fourth-order valence-electron chi connectivity index (χ4n) is 1.79. The quantitative estimate of drug-likeness (QED) is 0.835. The maximum Gasteiger partial charge on any atom is 0.0682 e. The van der Waals surface area contributed by atoms with Crippen LogP contribution in [0, 0.1) is 6.92 Å². The van der Waals surface area contributed by atoms with Gasteiger partial charge in [0.25, 0.3) is 0 Å². The summed E-state index contributed by atoms with van der Waals surface area (Å²) in [6.45, 7) is 2.10. The van der Waals surface area contributed by atoms with Crippen LogP contribution in [0.5, 0.6) is 0 Å². The zero-order valence-corrected chi connectivity index (χ0v) is 9.83. The lowest BCUT2D eigenvalue weighted by molar-refractivity contribution is 0.282. The fourth-order valence-corrected chi connectivity index (χ4v) is 2.01. The molecule has 0 saturated heterocycles. The van der Waals surface area contributed by atoms with Gasteiger partial charge >= 0.3 is 0 Å². The normalized spacial score (nSPS) is 10.4. The van der Waals surface area contributed by atoms with Gasteiger partial charge in [-0.2, -0.15) is 0 Å². The van der Waals surface area contributed by atoms with Gasteiger partial charge in [0.1, 0.15) is 0 Å². The van der Waals surface area contributed by atoms with E-state index in [1.165, 1.54) is 0 Å². The van der Waals surface area contributed by atoms with E-state index in [1.54, 1.807) is 0 Å². The molecule has 2 aromatic carbocycles. The van der Waals surface area contributed by atoms with Crippen LogP contribution in [0.4, 0.5) is 0 Å². The molecule has 16 heavy (non-hydrogen) atoms. The first-order valence-electron chi connectivity index (χ1n) is 5.17. The first-order chi connectivity index (χ1) is 7.70. The monoisotopic (exact) mass is 232 g/mol. The molecule has 0 bridgehead atoms. The molecule has 2 rings (SSSR count). The van der Waals surface area contributed by atoms with Crippen LogP contribution < -0.4 is 0 Å². The van der Waals surface area contributed by atoms with Crippen molar-refractivity contribution in [3.8, 4) is 11.1 Å². The minimum Gasteiger partial charge on any atom is -0.392 e. The number of hydrogen-bond acceptors (Lipinski definition) is 1. The zero-order chi connectivity index (χ0) is 11.5. The lowest BCUT2D eigenvalue weighted by Crippen LogP contribution is -1.86. The van der Waals surface area contributed by atoms with Crippen molar-refractivity contribution in [2.24, 2.45) is 0 Å². The molecule has 2 heteroatoms. The van der Waals surface area contributed by atoms with Crippen LogP contribution in [0.2, 0.25) is 5.02 Å². The van der Waals surface area contributed by atoms with Crippen molar-refractivity contribution in [1.29, 1.82) is 0 Å². The molecule has 0 aliphatic carbocycles. The SMILES string of the molecule is Cc1cc(Cl)ccc1-c1cccc(CO)c1. The third kappa shape index (κ3) is 2.26. The van der Waals surface area contributed by atoms with Crippen molar-refractivity contribution in [2.45, 2.75) is 13.5 Å². The predicted molar refractivity (Wildman–Crippen MR) is 67.5 cm³/mol. The molecule has 1 nitrogen and oxygen atoms in total. The van der Waals surface area contributed by atoms with Crippen molar-refractivity contribution >= 4 is 11.6 Å². The third-order valence-corrected chi connectivity index (χ3v) is 2.84. The van der Waals surface area contributed by atoms with Gasteiger partial charge in [0, 0.05) is 5.02 Å². The lowest BCUT2D eigenvalue weighted by Gasteiger charge is -2.07. The summed E-state index contributed by atoms with van der Waals surface area (Å²) in [6.07, 6.45) is 0. The number of halogens is 1. The summed E-state index contributed by atoms with van der Waals surface area (Å²) in [5.74, 6) is 0. The molecular weight excluding hydrogens is 220 g/mol. The molecule has 0 amide bonds. The summed E-state index contributed by atoms with van der Waals surface area (Å²) in [7, 11) is 0. The van der Waals surface area contributed by atoms with Gasteiger partial charge in [-0.25, -0.2) is 0 Å². The molecular formula is C14H13ClO. The second kappa shape index (κ2) is 4.69. The summed E-state index contributed by atoms with van der Waals surface area (Å²) in [5, 5.41) is 9.85. The molecule has 0 unspecified atom stereocenters. The van der Waals surface area contributed by atoms with Crippen molar-refractivity contribution < 1.29 is 5.11 Å². The number of hydrogen-bond donors (Lipinski definition) is 1. The standard InChI is InChI=1S/C14H13ClO/c1-10-7-13(15)5-6-14(10)12-4-2-3-11(8-12)9-16/h2-8,16H,9H2,1H3. The average molecular weight is 233 g/mol. The van der Waals surface area contributed by atoms with Crippen molar-refractivity contribution in [2.75, 3.05) is 0 Å². The lowest BCUT2D eigenvalue weighted by atomic mass is 9.99. The van der Waals surface area contributed by atoms with E-state index in [0.29, 0.717) is 0 Å². The molecule has 0 spiro atoms. The van der Waals surface area contributed by atoms with Gasteiger partial charge in [-0.05, 0) is 47.4 Å². The van der Waals surface area contributed by atoms with Crippen LogP contribution in [-0.2, 0) is 6.61 Å². The van der Waals surface area contributed by atoms with E-state index in [9.17, 15) is 0 Å². The van der Waals surface area contributed by atoms with E-state index >= 15 is 0 Å². The van der Waals surface area contributed by atoms with Gasteiger partial charge in [0.05, 0.1) is 6.61 Å². The van der Waals surface area contributed by atoms with E-state index in [4.69, 9.17) is 16.7 Å². The van der Waals surface area contributed by atoms with E-state index in [-0.39, 0.29) is 6.61 Å². The van der Waals surface area contributed by atoms with Crippen molar-refractivity contribution in [1.82, 2.24) is 0 Å². The van der Waals surface area contributed by atoms with Crippen molar-refractivity contribution in [3.63, 3.8) is 0 Å². The molecule has 0 aliphatic rings. The molecule has 0 heterocycles. The molecule has 1 N–H and O–H groups in total. The maximum absolute atomic E-state index is 9.10. The largest absolute Gasteiger partial charge is 0.392 e. The van der Waals surface area contributed by atoms with Crippen LogP contribution in [0.1, 0.15) is 11.1 Å². The second-order valence-electron chi connectivity index (χ2n) is 3.82. The van der Waals surface area contributed by atoms with Gasteiger partial charge < -0.3 is 5.11 Å². The molecule has 0 radical (unpaired) electrons. The molecule has 0 atom stereocenters. The number of aliphatic hydroxyl groups is 1. The van der Waals surface area contributed by atoms with Crippen LogP contribution in [0.3, 0.4) is 0 Å². The van der Waals surface area contributed by atoms with E-state index < -0.39 is 0 Å². The Morgan fingerprint density at radius 2 is 1.94 bits per heavy atom. The molecule has 0 fully saturated rings. The highest BCUT2D eigenvalue weighted by Crippen LogP contribution is 2.26. The van der Waals surface area contributed by atoms with Gasteiger partial charge in [0.15, 0.2) is 0 Å². The average Bonchev–Trinajstić information content (AvgIpc) is 2.29. The summed E-state index contributed by atoms with van der Waals surface area (Å²) >= 11 is 5.92. The summed E-state index contributed by atoms with van der Waals surface area (Å²) < 4.78 is 0. The molecule has 0 saturated carbocycles. The third-order valence-electron chi connectivity index (χ3n) is 2.61. The minimum absolute atomic E-state index is 0.0699. The smallest absolute Gasteiger partial charge is 0.0682 e. The predicted octanol–water partition coefficient (Wildman–Crippen LogP) is 3.81. The topological polar surface area (TPSA) is 20.2 Å². The Hall–Kier alpha value is -1.31. The van der Waals surface area contributed by atoms with E-state index in [0.717, 1.165) is 27.3 Å². The molecule has 82 valence electrons. The Kier molecular flexibility index (Phi) is 3.28. The van der Waals surface area contributed by atoms with Gasteiger partial charge in [-0.3, -0.25) is 0 Å². The Morgan fingerprint density at radius 3 is 2.62 bits per heavy atom. The molecule has 0 aromatic heterocycles. The summed E-state index contributed by atoms with van der Waals surface area (Å²) in [4.78, 5) is 0. The summed E-state index contributed by atoms with van der Waals surface area (Å²) in [5.41, 5.74) is 4.33.